The highest BCUT2D eigenvalue weighted by Crippen LogP contribution is 2.17. The maximum absolute atomic E-state index is 12.1. The molecule has 6 heteroatoms. The molecule has 1 aromatic carbocycles. The molecule has 0 atom stereocenters. The number of pyridine rings is 1. The third kappa shape index (κ3) is 3.74. The van der Waals surface area contributed by atoms with Crippen LogP contribution in [0.2, 0.25) is 0 Å². The van der Waals surface area contributed by atoms with Gasteiger partial charge in [0.2, 0.25) is 0 Å². The molecule has 128 valence electrons. The molecule has 25 heavy (non-hydrogen) atoms. The van der Waals surface area contributed by atoms with Crippen LogP contribution in [0.25, 0.3) is 11.0 Å². The van der Waals surface area contributed by atoms with Crippen molar-refractivity contribution in [3.63, 3.8) is 0 Å². The molecule has 0 aliphatic carbocycles. The van der Waals surface area contributed by atoms with Crippen molar-refractivity contribution in [2.24, 2.45) is 7.05 Å². The highest BCUT2D eigenvalue weighted by atomic mass is 16.5. The van der Waals surface area contributed by atoms with Gasteiger partial charge in [-0.05, 0) is 19.4 Å². The van der Waals surface area contributed by atoms with E-state index in [-0.39, 0.29) is 12.4 Å². The third-order valence-electron chi connectivity index (χ3n) is 3.98. The highest BCUT2D eigenvalue weighted by molar-refractivity contribution is 5.96. The molecule has 0 spiro atoms. The Labute approximate surface area is 145 Å². The number of benzene rings is 1. The van der Waals surface area contributed by atoms with Gasteiger partial charge in [-0.1, -0.05) is 30.3 Å². The Balaban J connectivity index is 1.54. The molecular weight excluding hydrogens is 318 g/mol. The van der Waals surface area contributed by atoms with Gasteiger partial charge in [-0.25, -0.2) is 9.78 Å². The predicted molar refractivity (Wildman–Crippen MR) is 93.5 cm³/mol. The molecule has 2 heterocycles. The Morgan fingerprint density at radius 2 is 1.92 bits per heavy atom. The van der Waals surface area contributed by atoms with Crippen LogP contribution < -0.4 is 0 Å². The minimum atomic E-state index is -0.440. The molecule has 0 saturated carbocycles. The molecule has 0 N–H and O–H groups in total. The van der Waals surface area contributed by atoms with Crippen molar-refractivity contribution in [3.8, 4) is 0 Å². The van der Waals surface area contributed by atoms with Crippen LogP contribution in [0.5, 0.6) is 0 Å². The number of aromatic nitrogens is 3. The number of aryl methyl sites for hydroxylation is 2. The zero-order chi connectivity index (χ0) is 17.8. The second-order valence-corrected chi connectivity index (χ2v) is 5.83. The van der Waals surface area contributed by atoms with Crippen molar-refractivity contribution >= 4 is 22.8 Å². The van der Waals surface area contributed by atoms with Crippen molar-refractivity contribution < 1.29 is 14.3 Å². The summed E-state index contributed by atoms with van der Waals surface area (Å²) in [6, 6.07) is 10.8. The van der Waals surface area contributed by atoms with Crippen LogP contribution >= 0.6 is 0 Å². The molecule has 0 radical (unpaired) electrons. The largest absolute Gasteiger partial charge is 0.462 e. The summed E-state index contributed by atoms with van der Waals surface area (Å²) in [4.78, 5) is 28.4. The van der Waals surface area contributed by atoms with Crippen LogP contribution in [0, 0.1) is 6.92 Å². The van der Waals surface area contributed by atoms with Gasteiger partial charge in [0.05, 0.1) is 17.9 Å². The number of carbonyl (C=O) groups is 2. The minimum absolute atomic E-state index is 0.0470. The highest BCUT2D eigenvalue weighted by Gasteiger charge is 2.13. The summed E-state index contributed by atoms with van der Waals surface area (Å²) >= 11 is 0. The molecule has 3 rings (SSSR count). The standard InChI is InChI=1S/C19H19N3O3/c1-13-16-11-15(12-20-18(16)22(2)21-13)19(24)25-10-6-9-17(23)14-7-4-3-5-8-14/h3-5,7-8,11-12H,6,9-10H2,1-2H3. The third-order valence-corrected chi connectivity index (χ3v) is 3.98. The van der Waals surface area contributed by atoms with Gasteiger partial charge < -0.3 is 4.74 Å². The zero-order valence-corrected chi connectivity index (χ0v) is 14.2. The van der Waals surface area contributed by atoms with Crippen LogP contribution in [0.4, 0.5) is 0 Å². The molecule has 0 fully saturated rings. The SMILES string of the molecule is Cc1nn(C)c2ncc(C(=O)OCCCC(=O)c3ccccc3)cc12. The van der Waals surface area contributed by atoms with E-state index >= 15 is 0 Å². The number of carbonyl (C=O) groups excluding carboxylic acids is 2. The fourth-order valence-corrected chi connectivity index (χ4v) is 2.67. The number of hydrogen-bond acceptors (Lipinski definition) is 5. The minimum Gasteiger partial charge on any atom is -0.462 e. The molecule has 0 amide bonds. The molecular formula is C19H19N3O3. The maximum Gasteiger partial charge on any atom is 0.339 e. The van der Waals surface area contributed by atoms with E-state index in [1.54, 1.807) is 22.9 Å². The van der Waals surface area contributed by atoms with E-state index in [0.717, 1.165) is 16.7 Å². The van der Waals surface area contributed by atoms with Gasteiger partial charge in [0.1, 0.15) is 0 Å². The fourth-order valence-electron chi connectivity index (χ4n) is 2.67. The van der Waals surface area contributed by atoms with E-state index in [9.17, 15) is 9.59 Å². The number of nitrogens with zero attached hydrogens (tertiary/aromatic N) is 3. The number of ether oxygens (including phenoxy) is 1. The number of Topliss-reactive ketones (excluding diaryl/α,β-unsaturated/α-hetero) is 1. The lowest BCUT2D eigenvalue weighted by Gasteiger charge is -2.05. The first-order valence-corrected chi connectivity index (χ1v) is 8.11. The average molecular weight is 337 g/mol. The number of fused-ring (bicyclic) bond motifs is 1. The van der Waals surface area contributed by atoms with Crippen LogP contribution in [-0.2, 0) is 11.8 Å². The lowest BCUT2D eigenvalue weighted by atomic mass is 10.1. The summed E-state index contributed by atoms with van der Waals surface area (Å²) in [7, 11) is 1.81. The number of esters is 1. The normalized spacial score (nSPS) is 10.8. The quantitative estimate of drug-likeness (QED) is 0.392. The Morgan fingerprint density at radius 3 is 2.68 bits per heavy atom. The number of ketones is 1. The first-order valence-electron chi connectivity index (χ1n) is 8.11. The summed E-state index contributed by atoms with van der Waals surface area (Å²) in [5, 5.41) is 5.11. The van der Waals surface area contributed by atoms with Crippen molar-refractivity contribution in [3.05, 3.63) is 59.4 Å². The first kappa shape index (κ1) is 16.8. The molecule has 6 nitrogen and oxygen atoms in total. The van der Waals surface area contributed by atoms with Crippen LogP contribution in [-0.4, -0.2) is 33.1 Å². The molecule has 0 unspecified atom stereocenters. The number of rotatable bonds is 6. The van der Waals surface area contributed by atoms with Crippen LogP contribution in [0.15, 0.2) is 42.6 Å². The molecule has 3 aromatic rings. The Kier molecular flexibility index (Phi) is 4.88. The van der Waals surface area contributed by atoms with Gasteiger partial charge in [-0.15, -0.1) is 0 Å². The maximum atomic E-state index is 12.1. The van der Waals surface area contributed by atoms with E-state index in [1.807, 2.05) is 32.2 Å². The lowest BCUT2D eigenvalue weighted by molar-refractivity contribution is 0.0494. The summed E-state index contributed by atoms with van der Waals surface area (Å²) in [5.74, 6) is -0.393. The van der Waals surface area contributed by atoms with Gasteiger partial charge in [-0.2, -0.15) is 5.10 Å². The van der Waals surface area contributed by atoms with E-state index in [1.165, 1.54) is 6.20 Å². The van der Waals surface area contributed by atoms with E-state index in [2.05, 4.69) is 10.1 Å². The summed E-state index contributed by atoms with van der Waals surface area (Å²) in [5.41, 5.74) is 2.60. The smallest absolute Gasteiger partial charge is 0.339 e. The zero-order valence-electron chi connectivity index (χ0n) is 14.2. The van der Waals surface area contributed by atoms with Gasteiger partial charge in [-0.3, -0.25) is 9.48 Å². The van der Waals surface area contributed by atoms with E-state index in [0.29, 0.717) is 24.0 Å². The van der Waals surface area contributed by atoms with Crippen LogP contribution in [0.3, 0.4) is 0 Å². The second-order valence-electron chi connectivity index (χ2n) is 5.83. The monoisotopic (exact) mass is 337 g/mol. The Bertz CT molecular complexity index is 916. The van der Waals surface area contributed by atoms with Crippen molar-refractivity contribution in [1.82, 2.24) is 14.8 Å². The first-order chi connectivity index (χ1) is 12.1. The van der Waals surface area contributed by atoms with Gasteiger partial charge in [0.25, 0.3) is 0 Å². The molecule has 0 aliphatic heterocycles. The van der Waals surface area contributed by atoms with E-state index < -0.39 is 5.97 Å². The number of hydrogen-bond donors (Lipinski definition) is 0. The summed E-state index contributed by atoms with van der Waals surface area (Å²) in [6.45, 7) is 2.07. The molecule has 2 aromatic heterocycles. The van der Waals surface area contributed by atoms with Crippen molar-refractivity contribution in [2.45, 2.75) is 19.8 Å². The Hall–Kier alpha value is -3.02. The van der Waals surface area contributed by atoms with Gasteiger partial charge in [0.15, 0.2) is 11.4 Å². The summed E-state index contributed by atoms with van der Waals surface area (Å²) < 4.78 is 6.93. The molecule has 0 bridgehead atoms. The fraction of sp³-hybridized carbons (Fsp3) is 0.263. The Morgan fingerprint density at radius 1 is 1.16 bits per heavy atom. The average Bonchev–Trinajstić information content (AvgIpc) is 2.92. The predicted octanol–water partition coefficient (Wildman–Crippen LogP) is 3.10. The molecule has 0 aliphatic rings. The van der Waals surface area contributed by atoms with Crippen molar-refractivity contribution in [1.29, 1.82) is 0 Å². The van der Waals surface area contributed by atoms with Gasteiger partial charge in [0, 0.05) is 30.6 Å². The van der Waals surface area contributed by atoms with Gasteiger partial charge >= 0.3 is 5.97 Å². The topological polar surface area (TPSA) is 74.1 Å². The second kappa shape index (κ2) is 7.25. The molecule has 0 saturated heterocycles. The van der Waals surface area contributed by atoms with Crippen molar-refractivity contribution in [2.75, 3.05) is 6.61 Å². The lowest BCUT2D eigenvalue weighted by Crippen LogP contribution is -2.09. The van der Waals surface area contributed by atoms with Crippen LogP contribution in [0.1, 0.15) is 39.3 Å². The summed E-state index contributed by atoms with van der Waals surface area (Å²) in [6.07, 6.45) is 2.32. The van der Waals surface area contributed by atoms with E-state index in [4.69, 9.17) is 4.74 Å².